The van der Waals surface area contributed by atoms with Crippen LogP contribution in [0.4, 0.5) is 5.69 Å². The van der Waals surface area contributed by atoms with Crippen molar-refractivity contribution in [3.8, 4) is 11.5 Å². The van der Waals surface area contributed by atoms with Crippen LogP contribution in [0.25, 0.3) is 0 Å². The normalized spacial score (nSPS) is 10.2. The minimum Gasteiger partial charge on any atom is -0.493 e. The molecule has 5 heteroatoms. The molecule has 0 aliphatic rings. The molecule has 0 unspecified atom stereocenters. The molecule has 0 radical (unpaired) electrons. The lowest BCUT2D eigenvalue weighted by atomic mass is 10.2. The Hall–Kier alpha value is -1.20. The quantitative estimate of drug-likeness (QED) is 0.895. The van der Waals surface area contributed by atoms with Gasteiger partial charge < -0.3 is 14.8 Å². The smallest absolute Gasteiger partial charge is 0.162 e. The fraction of sp³-hybridized carbons (Fsp3) is 0.231. The molecule has 2 rings (SSSR count). The van der Waals surface area contributed by atoms with Crippen LogP contribution < -0.4 is 14.8 Å². The molecule has 3 nitrogen and oxygen atoms in total. The molecule has 18 heavy (non-hydrogen) atoms. The predicted molar refractivity (Wildman–Crippen MR) is 78.9 cm³/mol. The Balaban J connectivity index is 2.05. The lowest BCUT2D eigenvalue weighted by Gasteiger charge is -2.10. The highest BCUT2D eigenvalue weighted by molar-refractivity contribution is 9.11. The molecule has 0 spiro atoms. The number of thiophene rings is 1. The van der Waals surface area contributed by atoms with Gasteiger partial charge >= 0.3 is 0 Å². The topological polar surface area (TPSA) is 30.5 Å². The molecular weight excluding hydrogens is 314 g/mol. The van der Waals surface area contributed by atoms with Crippen LogP contribution in [-0.4, -0.2) is 14.2 Å². The number of hydrogen-bond donors (Lipinski definition) is 1. The van der Waals surface area contributed by atoms with Crippen molar-refractivity contribution in [2.75, 3.05) is 19.5 Å². The summed E-state index contributed by atoms with van der Waals surface area (Å²) in [6.45, 7) is 0.797. The summed E-state index contributed by atoms with van der Waals surface area (Å²) >= 11 is 5.18. The van der Waals surface area contributed by atoms with Crippen molar-refractivity contribution in [2.45, 2.75) is 6.54 Å². The van der Waals surface area contributed by atoms with Gasteiger partial charge in [-0.1, -0.05) is 0 Å². The zero-order chi connectivity index (χ0) is 13.0. The van der Waals surface area contributed by atoms with Gasteiger partial charge in [-0.3, -0.25) is 0 Å². The van der Waals surface area contributed by atoms with Crippen LogP contribution in [0.5, 0.6) is 11.5 Å². The Bertz CT molecular complexity index is 527. The lowest BCUT2D eigenvalue weighted by molar-refractivity contribution is 0.355. The summed E-state index contributed by atoms with van der Waals surface area (Å²) in [4.78, 5) is 1.27. The van der Waals surface area contributed by atoms with E-state index in [-0.39, 0.29) is 0 Å². The third-order valence-electron chi connectivity index (χ3n) is 2.48. The van der Waals surface area contributed by atoms with Gasteiger partial charge in [-0.15, -0.1) is 11.3 Å². The van der Waals surface area contributed by atoms with Gasteiger partial charge in [0.05, 0.1) is 18.0 Å². The molecule has 0 aliphatic carbocycles. The standard InChI is InChI=1S/C13H14BrNO2S/c1-16-11-5-3-9(7-12(11)17-2)15-8-10-4-6-13(14)18-10/h3-7,15H,8H2,1-2H3. The van der Waals surface area contributed by atoms with Crippen molar-refractivity contribution in [3.05, 3.63) is 39.0 Å². The molecule has 1 N–H and O–H groups in total. The Morgan fingerprint density at radius 2 is 1.89 bits per heavy atom. The molecule has 1 heterocycles. The van der Waals surface area contributed by atoms with E-state index in [4.69, 9.17) is 9.47 Å². The van der Waals surface area contributed by atoms with Gasteiger partial charge in [0.1, 0.15) is 0 Å². The van der Waals surface area contributed by atoms with E-state index in [9.17, 15) is 0 Å². The molecule has 0 saturated carbocycles. The molecule has 0 fully saturated rings. The highest BCUT2D eigenvalue weighted by atomic mass is 79.9. The Morgan fingerprint density at radius 3 is 2.50 bits per heavy atom. The van der Waals surface area contributed by atoms with Crippen LogP contribution in [-0.2, 0) is 6.54 Å². The summed E-state index contributed by atoms with van der Waals surface area (Å²) < 4.78 is 11.6. The zero-order valence-electron chi connectivity index (χ0n) is 10.2. The first-order valence-corrected chi connectivity index (χ1v) is 7.04. The molecule has 0 aliphatic heterocycles. The van der Waals surface area contributed by atoms with E-state index in [0.717, 1.165) is 27.5 Å². The number of halogens is 1. The summed E-state index contributed by atoms with van der Waals surface area (Å²) in [7, 11) is 3.27. The van der Waals surface area contributed by atoms with Crippen molar-refractivity contribution in [3.63, 3.8) is 0 Å². The average molecular weight is 328 g/mol. The second-order valence-corrected chi connectivity index (χ2v) is 6.18. The third kappa shape index (κ3) is 3.17. The summed E-state index contributed by atoms with van der Waals surface area (Å²) in [5.74, 6) is 1.47. The maximum absolute atomic E-state index is 5.26. The third-order valence-corrected chi connectivity index (χ3v) is 4.10. The van der Waals surface area contributed by atoms with E-state index in [0.29, 0.717) is 0 Å². The first kappa shape index (κ1) is 13.2. The summed E-state index contributed by atoms with van der Waals surface area (Å²) in [5.41, 5.74) is 1.01. The molecule has 0 amide bonds. The first-order valence-electron chi connectivity index (χ1n) is 5.43. The van der Waals surface area contributed by atoms with Gasteiger partial charge in [0.2, 0.25) is 0 Å². The number of hydrogen-bond acceptors (Lipinski definition) is 4. The Kier molecular flexibility index (Phi) is 4.49. The maximum atomic E-state index is 5.26. The van der Waals surface area contributed by atoms with E-state index in [2.05, 4.69) is 33.4 Å². The predicted octanol–water partition coefficient (Wildman–Crippen LogP) is 4.14. The maximum Gasteiger partial charge on any atom is 0.162 e. The number of rotatable bonds is 5. The average Bonchev–Trinajstić information content (AvgIpc) is 2.81. The SMILES string of the molecule is COc1ccc(NCc2ccc(Br)s2)cc1OC. The van der Waals surface area contributed by atoms with E-state index in [1.807, 2.05) is 18.2 Å². The van der Waals surface area contributed by atoms with E-state index >= 15 is 0 Å². The summed E-state index contributed by atoms with van der Waals surface area (Å²) in [6.07, 6.45) is 0. The van der Waals surface area contributed by atoms with E-state index < -0.39 is 0 Å². The fourth-order valence-electron chi connectivity index (χ4n) is 1.58. The van der Waals surface area contributed by atoms with Crippen molar-refractivity contribution < 1.29 is 9.47 Å². The van der Waals surface area contributed by atoms with Crippen LogP contribution in [0.3, 0.4) is 0 Å². The number of anilines is 1. The molecule has 2 aromatic rings. The van der Waals surface area contributed by atoms with Crippen LogP contribution >= 0.6 is 27.3 Å². The van der Waals surface area contributed by atoms with Crippen LogP contribution in [0.15, 0.2) is 34.1 Å². The number of methoxy groups -OCH3 is 2. The highest BCUT2D eigenvalue weighted by Crippen LogP contribution is 2.30. The summed E-state index contributed by atoms with van der Waals surface area (Å²) in [6, 6.07) is 9.95. The highest BCUT2D eigenvalue weighted by Gasteiger charge is 2.04. The zero-order valence-corrected chi connectivity index (χ0v) is 12.6. The van der Waals surface area contributed by atoms with Gasteiger partial charge in [0.25, 0.3) is 0 Å². The molecule has 1 aromatic heterocycles. The van der Waals surface area contributed by atoms with Gasteiger partial charge in [0.15, 0.2) is 11.5 Å². The van der Waals surface area contributed by atoms with Gasteiger partial charge in [-0.25, -0.2) is 0 Å². The van der Waals surface area contributed by atoms with E-state index in [1.54, 1.807) is 25.6 Å². The van der Waals surface area contributed by atoms with Gasteiger partial charge in [0, 0.05) is 23.2 Å². The Labute approximate surface area is 119 Å². The Morgan fingerprint density at radius 1 is 1.11 bits per heavy atom. The fourth-order valence-corrected chi connectivity index (χ4v) is 3.01. The monoisotopic (exact) mass is 327 g/mol. The minimum atomic E-state index is 0.731. The second-order valence-electron chi connectivity index (χ2n) is 3.63. The van der Waals surface area contributed by atoms with Crippen molar-refractivity contribution in [1.29, 1.82) is 0 Å². The van der Waals surface area contributed by atoms with Crippen LogP contribution in [0.1, 0.15) is 4.88 Å². The number of nitrogens with one attached hydrogen (secondary N) is 1. The largest absolute Gasteiger partial charge is 0.493 e. The van der Waals surface area contributed by atoms with Gasteiger partial charge in [-0.2, -0.15) is 0 Å². The molecule has 1 aromatic carbocycles. The van der Waals surface area contributed by atoms with Crippen molar-refractivity contribution in [2.24, 2.45) is 0 Å². The van der Waals surface area contributed by atoms with Crippen molar-refractivity contribution >= 4 is 33.0 Å². The van der Waals surface area contributed by atoms with Crippen LogP contribution in [0.2, 0.25) is 0 Å². The first-order chi connectivity index (χ1) is 8.72. The van der Waals surface area contributed by atoms with Gasteiger partial charge in [-0.05, 0) is 40.2 Å². The number of benzene rings is 1. The molecule has 0 saturated heterocycles. The molecular formula is C13H14BrNO2S. The minimum absolute atomic E-state index is 0.731. The second kappa shape index (κ2) is 6.11. The van der Waals surface area contributed by atoms with Crippen LogP contribution in [0, 0.1) is 0 Å². The lowest BCUT2D eigenvalue weighted by Crippen LogP contribution is -1.98. The number of ether oxygens (including phenoxy) is 2. The molecule has 0 bridgehead atoms. The molecule has 0 atom stereocenters. The molecule has 96 valence electrons. The van der Waals surface area contributed by atoms with E-state index in [1.165, 1.54) is 4.88 Å². The van der Waals surface area contributed by atoms with Crippen molar-refractivity contribution in [1.82, 2.24) is 0 Å². The summed E-state index contributed by atoms with van der Waals surface area (Å²) in [5, 5.41) is 3.35.